The first kappa shape index (κ1) is 17.0. The summed E-state index contributed by atoms with van der Waals surface area (Å²) in [5, 5.41) is 6.14. The topological polar surface area (TPSA) is 44.4 Å². The van der Waals surface area contributed by atoms with E-state index in [2.05, 4.69) is 10.6 Å². The van der Waals surface area contributed by atoms with E-state index in [0.29, 0.717) is 31.9 Å². The number of hydrogen-bond acceptors (Lipinski definition) is 3. The van der Waals surface area contributed by atoms with Gasteiger partial charge >= 0.3 is 0 Å². The molecule has 3 rings (SSSR count). The summed E-state index contributed by atoms with van der Waals surface area (Å²) in [5.41, 5.74) is 0.641. The molecule has 0 radical (unpaired) electrons. The minimum atomic E-state index is -0.653. The highest BCUT2D eigenvalue weighted by molar-refractivity contribution is 6.44. The van der Waals surface area contributed by atoms with Crippen LogP contribution in [0.5, 0.6) is 0 Å². The average molecular weight is 368 g/mol. The third kappa shape index (κ3) is 3.48. The molecular weight excluding hydrogens is 352 g/mol. The quantitative estimate of drug-likeness (QED) is 0.811. The Kier molecular flexibility index (Phi) is 5.23. The van der Waals surface area contributed by atoms with E-state index >= 15 is 0 Å². The lowest BCUT2D eigenvalue weighted by molar-refractivity contribution is 0.102. The van der Waals surface area contributed by atoms with Crippen molar-refractivity contribution in [3.05, 3.63) is 57.8 Å². The van der Waals surface area contributed by atoms with Crippen molar-refractivity contribution < 1.29 is 9.18 Å². The zero-order valence-electron chi connectivity index (χ0n) is 12.8. The van der Waals surface area contributed by atoms with Crippen molar-refractivity contribution in [1.29, 1.82) is 0 Å². The van der Waals surface area contributed by atoms with Crippen molar-refractivity contribution in [2.75, 3.05) is 36.4 Å². The number of nitrogens with one attached hydrogen (secondary N) is 2. The van der Waals surface area contributed by atoms with Crippen LogP contribution in [0.4, 0.5) is 15.8 Å². The number of benzene rings is 2. The molecule has 0 aliphatic carbocycles. The monoisotopic (exact) mass is 367 g/mol. The molecule has 1 amide bonds. The van der Waals surface area contributed by atoms with Gasteiger partial charge in [0.2, 0.25) is 0 Å². The first-order chi connectivity index (χ1) is 11.6. The van der Waals surface area contributed by atoms with E-state index in [9.17, 15) is 9.18 Å². The highest BCUT2D eigenvalue weighted by Crippen LogP contribution is 2.37. The fraction of sp³-hybridized carbons (Fsp3) is 0.235. The summed E-state index contributed by atoms with van der Waals surface area (Å²) >= 11 is 12.3. The van der Waals surface area contributed by atoms with Gasteiger partial charge in [0.15, 0.2) is 5.82 Å². The maximum Gasteiger partial charge on any atom is 0.258 e. The second-order valence-corrected chi connectivity index (χ2v) is 6.22. The first-order valence-corrected chi connectivity index (χ1v) is 8.33. The van der Waals surface area contributed by atoms with Gasteiger partial charge in [0.05, 0.1) is 21.3 Å². The molecule has 0 aromatic heterocycles. The van der Waals surface area contributed by atoms with Crippen LogP contribution >= 0.6 is 23.2 Å². The standard InChI is InChI=1S/C17H16Cl2FN3O/c18-13-10-12(17(24)22-11-4-2-1-3-5-11)15(20)16(14(13)19)23-8-6-21-7-9-23/h1-5,10,21H,6-9H2,(H,22,24). The SMILES string of the molecule is O=C(Nc1ccccc1)c1cc(Cl)c(Cl)c(N2CCNCC2)c1F. The summed E-state index contributed by atoms with van der Waals surface area (Å²) < 4.78 is 15.0. The number of hydrogen-bond donors (Lipinski definition) is 2. The Balaban J connectivity index is 1.96. The van der Waals surface area contributed by atoms with Crippen molar-refractivity contribution in [3.63, 3.8) is 0 Å². The van der Waals surface area contributed by atoms with Gasteiger partial charge in [-0.1, -0.05) is 41.4 Å². The summed E-state index contributed by atoms with van der Waals surface area (Å²) in [6.45, 7) is 2.62. The zero-order valence-corrected chi connectivity index (χ0v) is 14.3. The van der Waals surface area contributed by atoms with Gasteiger partial charge in [-0.3, -0.25) is 4.79 Å². The Bertz CT molecular complexity index is 749. The van der Waals surface area contributed by atoms with Gasteiger partial charge in [-0.2, -0.15) is 0 Å². The van der Waals surface area contributed by atoms with Gasteiger partial charge in [0.25, 0.3) is 5.91 Å². The molecule has 0 atom stereocenters. The zero-order chi connectivity index (χ0) is 17.1. The van der Waals surface area contributed by atoms with E-state index in [1.807, 2.05) is 6.07 Å². The largest absolute Gasteiger partial charge is 0.365 e. The van der Waals surface area contributed by atoms with E-state index in [1.165, 1.54) is 6.07 Å². The predicted molar refractivity (Wildman–Crippen MR) is 95.9 cm³/mol. The van der Waals surface area contributed by atoms with E-state index in [0.717, 1.165) is 0 Å². The third-order valence-electron chi connectivity index (χ3n) is 3.84. The van der Waals surface area contributed by atoms with Crippen LogP contribution in [-0.2, 0) is 0 Å². The van der Waals surface area contributed by atoms with Gasteiger partial charge in [-0.05, 0) is 18.2 Å². The number of carbonyl (C=O) groups is 1. The molecule has 0 bridgehead atoms. The molecule has 2 aromatic carbocycles. The Hall–Kier alpha value is -1.82. The Morgan fingerprint density at radius 1 is 1.17 bits per heavy atom. The number of rotatable bonds is 3. The molecule has 24 heavy (non-hydrogen) atoms. The molecule has 0 unspecified atom stereocenters. The summed E-state index contributed by atoms with van der Waals surface area (Å²) in [7, 11) is 0. The third-order valence-corrected chi connectivity index (χ3v) is 4.62. The van der Waals surface area contributed by atoms with Crippen molar-refractivity contribution in [2.24, 2.45) is 0 Å². The average Bonchev–Trinajstić information content (AvgIpc) is 2.60. The van der Waals surface area contributed by atoms with Crippen LogP contribution in [0.3, 0.4) is 0 Å². The smallest absolute Gasteiger partial charge is 0.258 e. The van der Waals surface area contributed by atoms with Gasteiger partial charge in [-0.15, -0.1) is 0 Å². The summed E-state index contributed by atoms with van der Waals surface area (Å²) in [6.07, 6.45) is 0. The van der Waals surface area contributed by atoms with E-state index < -0.39 is 11.7 Å². The molecule has 1 aliphatic rings. The number of para-hydroxylation sites is 1. The summed E-state index contributed by atoms with van der Waals surface area (Å²) in [4.78, 5) is 14.3. The van der Waals surface area contributed by atoms with Gasteiger partial charge in [-0.25, -0.2) is 4.39 Å². The normalized spacial score (nSPS) is 14.5. The lowest BCUT2D eigenvalue weighted by Crippen LogP contribution is -2.44. The van der Waals surface area contributed by atoms with Crippen molar-refractivity contribution >= 4 is 40.5 Å². The lowest BCUT2D eigenvalue weighted by atomic mass is 10.1. The number of carbonyl (C=O) groups excluding carboxylic acids is 1. The van der Waals surface area contributed by atoms with Crippen LogP contribution < -0.4 is 15.5 Å². The second-order valence-electron chi connectivity index (χ2n) is 5.44. The molecule has 7 heteroatoms. The first-order valence-electron chi connectivity index (χ1n) is 7.57. The van der Waals surface area contributed by atoms with Crippen molar-refractivity contribution in [1.82, 2.24) is 5.32 Å². The van der Waals surface area contributed by atoms with E-state index in [-0.39, 0.29) is 21.3 Å². The maximum absolute atomic E-state index is 15.0. The van der Waals surface area contributed by atoms with E-state index in [1.54, 1.807) is 29.2 Å². The molecular formula is C17H16Cl2FN3O. The Morgan fingerprint density at radius 3 is 2.50 bits per heavy atom. The van der Waals surface area contributed by atoms with Gasteiger partial charge < -0.3 is 15.5 Å². The van der Waals surface area contributed by atoms with Crippen LogP contribution in [0.1, 0.15) is 10.4 Å². The summed E-state index contributed by atoms with van der Waals surface area (Å²) in [6, 6.07) is 10.1. The minimum Gasteiger partial charge on any atom is -0.365 e. The molecule has 0 saturated carbocycles. The lowest BCUT2D eigenvalue weighted by Gasteiger charge is -2.31. The molecule has 1 heterocycles. The molecule has 0 spiro atoms. The minimum absolute atomic E-state index is 0.123. The number of piperazine rings is 1. The molecule has 2 N–H and O–H groups in total. The highest BCUT2D eigenvalue weighted by Gasteiger charge is 2.25. The number of nitrogens with zero attached hydrogens (tertiary/aromatic N) is 1. The molecule has 2 aromatic rings. The number of anilines is 2. The van der Waals surface area contributed by atoms with Gasteiger partial charge in [0.1, 0.15) is 0 Å². The fourth-order valence-electron chi connectivity index (χ4n) is 2.64. The second kappa shape index (κ2) is 7.38. The molecule has 1 saturated heterocycles. The van der Waals surface area contributed by atoms with Crippen molar-refractivity contribution in [3.8, 4) is 0 Å². The van der Waals surface area contributed by atoms with Gasteiger partial charge in [0, 0.05) is 31.9 Å². The fourth-order valence-corrected chi connectivity index (χ4v) is 3.10. The van der Waals surface area contributed by atoms with Crippen LogP contribution in [0, 0.1) is 5.82 Å². The van der Waals surface area contributed by atoms with Crippen LogP contribution in [0.2, 0.25) is 10.0 Å². The summed E-state index contributed by atoms with van der Waals surface area (Å²) in [5.74, 6) is -1.21. The van der Waals surface area contributed by atoms with Crippen molar-refractivity contribution in [2.45, 2.75) is 0 Å². The van der Waals surface area contributed by atoms with E-state index in [4.69, 9.17) is 23.2 Å². The Morgan fingerprint density at radius 2 is 1.83 bits per heavy atom. The van der Waals surface area contributed by atoms with Crippen LogP contribution in [0.15, 0.2) is 36.4 Å². The highest BCUT2D eigenvalue weighted by atomic mass is 35.5. The molecule has 4 nitrogen and oxygen atoms in total. The van der Waals surface area contributed by atoms with Crippen LogP contribution in [-0.4, -0.2) is 32.1 Å². The number of halogens is 3. The predicted octanol–water partition coefficient (Wildman–Crippen LogP) is 3.79. The molecule has 1 aliphatic heterocycles. The molecule has 126 valence electrons. The number of amides is 1. The Labute approximate surface area is 149 Å². The molecule has 1 fully saturated rings. The maximum atomic E-state index is 15.0. The van der Waals surface area contributed by atoms with Crippen LogP contribution in [0.25, 0.3) is 0 Å².